The van der Waals surface area contributed by atoms with Gasteiger partial charge in [0, 0.05) is 47.5 Å². The Balaban J connectivity index is 1.78. The van der Waals surface area contributed by atoms with Gasteiger partial charge in [-0.25, -0.2) is 9.97 Å². The van der Waals surface area contributed by atoms with E-state index in [-0.39, 0.29) is 5.91 Å². The van der Waals surface area contributed by atoms with Crippen LogP contribution in [0.15, 0.2) is 54.6 Å². The molecule has 0 saturated heterocycles. The van der Waals surface area contributed by atoms with Crippen LogP contribution in [0.25, 0.3) is 16.8 Å². The summed E-state index contributed by atoms with van der Waals surface area (Å²) in [5, 5.41) is 5.31. The van der Waals surface area contributed by atoms with Crippen molar-refractivity contribution in [1.82, 2.24) is 19.4 Å². The van der Waals surface area contributed by atoms with Gasteiger partial charge in [-0.3, -0.25) is 15.1 Å². The summed E-state index contributed by atoms with van der Waals surface area (Å²) in [6.45, 7) is 1.89. The third kappa shape index (κ3) is 2.65. The van der Waals surface area contributed by atoms with Crippen molar-refractivity contribution in [3.63, 3.8) is 0 Å². The van der Waals surface area contributed by atoms with Crippen LogP contribution in [-0.4, -0.2) is 25.3 Å². The van der Waals surface area contributed by atoms with Crippen molar-refractivity contribution in [2.75, 3.05) is 5.32 Å². The van der Waals surface area contributed by atoms with E-state index in [2.05, 4.69) is 20.3 Å². The monoisotopic (exact) mass is 335 g/mol. The van der Waals surface area contributed by atoms with Crippen LogP contribution in [0.4, 0.5) is 5.13 Å². The molecule has 4 heterocycles. The Hall–Kier alpha value is -3.06. The summed E-state index contributed by atoms with van der Waals surface area (Å²) in [5.41, 5.74) is 3.81. The first-order chi connectivity index (χ1) is 11.7. The molecule has 6 nitrogen and oxygen atoms in total. The average molecular weight is 335 g/mol. The molecule has 7 heteroatoms. The first-order valence-electron chi connectivity index (χ1n) is 7.31. The Labute approximate surface area is 141 Å². The standard InChI is InChI=1S/C17H13N5OS/c1-11-10-24-17(20-11)21-16(23)14-7-13(12-3-2-4-18-8-12)9-22-6-5-19-15(14)22/h2-10H,1H3,(H,20,21,23). The zero-order valence-electron chi connectivity index (χ0n) is 12.8. The number of carbonyl (C=O) groups is 1. The smallest absolute Gasteiger partial charge is 0.261 e. The second-order valence-electron chi connectivity index (χ2n) is 5.29. The Morgan fingerprint density at radius 2 is 2.21 bits per heavy atom. The van der Waals surface area contributed by atoms with Gasteiger partial charge in [-0.15, -0.1) is 11.3 Å². The summed E-state index contributed by atoms with van der Waals surface area (Å²) >= 11 is 1.40. The van der Waals surface area contributed by atoms with Crippen LogP contribution >= 0.6 is 11.3 Å². The maximum absolute atomic E-state index is 12.7. The van der Waals surface area contributed by atoms with Gasteiger partial charge in [-0.05, 0) is 19.1 Å². The quantitative estimate of drug-likeness (QED) is 0.623. The van der Waals surface area contributed by atoms with Crippen molar-refractivity contribution < 1.29 is 4.79 Å². The number of thiazole rings is 1. The summed E-state index contributed by atoms with van der Waals surface area (Å²) in [6.07, 6.45) is 8.91. The fourth-order valence-corrected chi connectivity index (χ4v) is 3.15. The molecule has 118 valence electrons. The fraction of sp³-hybridized carbons (Fsp3) is 0.0588. The molecular weight excluding hydrogens is 322 g/mol. The highest BCUT2D eigenvalue weighted by Crippen LogP contribution is 2.23. The third-order valence-electron chi connectivity index (χ3n) is 3.57. The van der Waals surface area contributed by atoms with Gasteiger partial charge in [-0.1, -0.05) is 6.07 Å². The molecule has 0 atom stereocenters. The van der Waals surface area contributed by atoms with E-state index >= 15 is 0 Å². The van der Waals surface area contributed by atoms with Crippen LogP contribution in [0.5, 0.6) is 0 Å². The van der Waals surface area contributed by atoms with E-state index in [0.717, 1.165) is 16.8 Å². The van der Waals surface area contributed by atoms with E-state index in [1.54, 1.807) is 18.6 Å². The largest absolute Gasteiger partial charge is 0.306 e. The number of nitrogens with zero attached hydrogens (tertiary/aromatic N) is 4. The molecule has 0 aliphatic heterocycles. The molecule has 0 unspecified atom stereocenters. The number of amides is 1. The van der Waals surface area contributed by atoms with E-state index in [4.69, 9.17) is 0 Å². The Morgan fingerprint density at radius 1 is 1.29 bits per heavy atom. The van der Waals surface area contributed by atoms with Crippen molar-refractivity contribution in [1.29, 1.82) is 0 Å². The molecular formula is C17H13N5OS. The lowest BCUT2D eigenvalue weighted by Crippen LogP contribution is -2.13. The highest BCUT2D eigenvalue weighted by Gasteiger charge is 2.15. The third-order valence-corrected chi connectivity index (χ3v) is 4.44. The molecule has 4 aromatic rings. The molecule has 0 aliphatic rings. The lowest BCUT2D eigenvalue weighted by molar-refractivity contribution is 0.102. The predicted octanol–water partition coefficient (Wildman–Crippen LogP) is 3.41. The molecule has 1 N–H and O–H groups in total. The molecule has 0 spiro atoms. The maximum Gasteiger partial charge on any atom is 0.261 e. The number of rotatable bonds is 3. The molecule has 0 aliphatic carbocycles. The van der Waals surface area contributed by atoms with Gasteiger partial charge in [0.05, 0.1) is 11.3 Å². The molecule has 0 radical (unpaired) electrons. The molecule has 0 aromatic carbocycles. The zero-order valence-corrected chi connectivity index (χ0v) is 13.6. The zero-order chi connectivity index (χ0) is 16.5. The number of hydrogen-bond donors (Lipinski definition) is 1. The van der Waals surface area contributed by atoms with Gasteiger partial charge in [0.2, 0.25) is 0 Å². The number of aryl methyl sites for hydroxylation is 1. The van der Waals surface area contributed by atoms with Gasteiger partial charge < -0.3 is 4.40 Å². The van der Waals surface area contributed by atoms with E-state index in [0.29, 0.717) is 16.3 Å². The molecule has 0 bridgehead atoms. The SMILES string of the molecule is Cc1csc(NC(=O)c2cc(-c3cccnc3)cn3ccnc23)n1. The topological polar surface area (TPSA) is 72.2 Å². The maximum atomic E-state index is 12.7. The van der Waals surface area contributed by atoms with Gasteiger partial charge in [0.1, 0.15) is 5.65 Å². The number of nitrogens with one attached hydrogen (secondary N) is 1. The van der Waals surface area contributed by atoms with Crippen LogP contribution in [0, 0.1) is 6.92 Å². The van der Waals surface area contributed by atoms with E-state index in [1.165, 1.54) is 11.3 Å². The Bertz CT molecular complexity index is 1020. The minimum atomic E-state index is -0.230. The number of fused-ring (bicyclic) bond motifs is 1. The van der Waals surface area contributed by atoms with Gasteiger partial charge in [-0.2, -0.15) is 0 Å². The highest BCUT2D eigenvalue weighted by molar-refractivity contribution is 7.13. The normalized spacial score (nSPS) is 10.9. The minimum Gasteiger partial charge on any atom is -0.306 e. The van der Waals surface area contributed by atoms with Crippen LogP contribution in [0.2, 0.25) is 0 Å². The van der Waals surface area contributed by atoms with Crippen LogP contribution in [-0.2, 0) is 0 Å². The Kier molecular flexibility index (Phi) is 3.55. The van der Waals surface area contributed by atoms with Crippen molar-refractivity contribution >= 4 is 28.0 Å². The first-order valence-corrected chi connectivity index (χ1v) is 8.19. The van der Waals surface area contributed by atoms with Gasteiger partial charge >= 0.3 is 0 Å². The summed E-state index contributed by atoms with van der Waals surface area (Å²) in [4.78, 5) is 25.4. The van der Waals surface area contributed by atoms with Crippen molar-refractivity contribution in [2.24, 2.45) is 0 Å². The summed E-state index contributed by atoms with van der Waals surface area (Å²) < 4.78 is 1.84. The minimum absolute atomic E-state index is 0.230. The van der Waals surface area contributed by atoms with Gasteiger partial charge in [0.15, 0.2) is 5.13 Å². The molecule has 4 aromatic heterocycles. The van der Waals surface area contributed by atoms with Crippen molar-refractivity contribution in [2.45, 2.75) is 6.92 Å². The molecule has 0 fully saturated rings. The molecule has 1 amide bonds. The molecule has 0 saturated carbocycles. The van der Waals surface area contributed by atoms with E-state index in [9.17, 15) is 4.79 Å². The second-order valence-corrected chi connectivity index (χ2v) is 6.15. The summed E-state index contributed by atoms with van der Waals surface area (Å²) in [6, 6.07) is 5.65. The van der Waals surface area contributed by atoms with E-state index in [1.807, 2.05) is 47.3 Å². The molecule has 4 rings (SSSR count). The highest BCUT2D eigenvalue weighted by atomic mass is 32.1. The number of aromatic nitrogens is 4. The van der Waals surface area contributed by atoms with Crippen LogP contribution in [0.3, 0.4) is 0 Å². The number of carbonyl (C=O) groups excluding carboxylic acids is 1. The number of anilines is 1. The number of pyridine rings is 2. The fourth-order valence-electron chi connectivity index (χ4n) is 2.47. The summed E-state index contributed by atoms with van der Waals surface area (Å²) in [5.74, 6) is -0.230. The van der Waals surface area contributed by atoms with Gasteiger partial charge in [0.25, 0.3) is 5.91 Å². The lowest BCUT2D eigenvalue weighted by Gasteiger charge is -2.08. The first kappa shape index (κ1) is 14.5. The Morgan fingerprint density at radius 3 is 2.96 bits per heavy atom. The molecule has 24 heavy (non-hydrogen) atoms. The lowest BCUT2D eigenvalue weighted by atomic mass is 10.1. The average Bonchev–Trinajstić information content (AvgIpc) is 3.23. The summed E-state index contributed by atoms with van der Waals surface area (Å²) in [7, 11) is 0. The van der Waals surface area contributed by atoms with Crippen molar-refractivity contribution in [3.8, 4) is 11.1 Å². The number of imidazole rings is 1. The van der Waals surface area contributed by atoms with E-state index < -0.39 is 0 Å². The second kappa shape index (κ2) is 5.86. The predicted molar refractivity (Wildman–Crippen MR) is 93.2 cm³/mol. The van der Waals surface area contributed by atoms with Crippen molar-refractivity contribution in [3.05, 3.63) is 65.8 Å². The van der Waals surface area contributed by atoms with Crippen LogP contribution < -0.4 is 5.32 Å². The van der Waals surface area contributed by atoms with Crippen LogP contribution in [0.1, 0.15) is 16.1 Å². The number of hydrogen-bond acceptors (Lipinski definition) is 5.